The van der Waals surface area contributed by atoms with Crippen LogP contribution in [0.15, 0.2) is 36.4 Å². The zero-order valence-corrected chi connectivity index (χ0v) is 12.0. The van der Waals surface area contributed by atoms with Crippen LogP contribution in [0.2, 0.25) is 0 Å². The lowest BCUT2D eigenvalue weighted by molar-refractivity contribution is 1.11. The molecule has 0 bridgehead atoms. The molecule has 0 radical (unpaired) electrons. The van der Waals surface area contributed by atoms with Gasteiger partial charge in [-0.25, -0.2) is 0 Å². The van der Waals surface area contributed by atoms with Crippen LogP contribution in [0.4, 0.5) is 22.7 Å². The Morgan fingerprint density at radius 2 is 1.74 bits per heavy atom. The number of rotatable bonds is 3. The van der Waals surface area contributed by atoms with Crippen molar-refractivity contribution in [2.45, 2.75) is 13.8 Å². The first-order chi connectivity index (χ1) is 8.97. The fraction of sp³-hybridized carbons (Fsp3) is 0.250. The van der Waals surface area contributed by atoms with Crippen LogP contribution < -0.4 is 16.0 Å². The molecule has 2 aromatic rings. The third-order valence-corrected chi connectivity index (χ3v) is 3.18. The van der Waals surface area contributed by atoms with Crippen LogP contribution >= 0.6 is 0 Å². The maximum absolute atomic E-state index is 6.02. The van der Waals surface area contributed by atoms with Crippen molar-refractivity contribution in [3.8, 4) is 0 Å². The Kier molecular flexibility index (Phi) is 3.65. The molecule has 2 rings (SSSR count). The monoisotopic (exact) mass is 255 g/mol. The standard InChI is InChI=1S/C16H21N3/c1-11-5-8-15(14(17)9-11)18-13-7-6-12(2)16(10-13)19(3)4/h5-10,18H,17H2,1-4H3. The van der Waals surface area contributed by atoms with Gasteiger partial charge in [-0.3, -0.25) is 0 Å². The summed E-state index contributed by atoms with van der Waals surface area (Å²) in [6.07, 6.45) is 0. The highest BCUT2D eigenvalue weighted by Crippen LogP contribution is 2.28. The van der Waals surface area contributed by atoms with E-state index in [9.17, 15) is 0 Å². The molecule has 0 spiro atoms. The van der Waals surface area contributed by atoms with Crippen LogP contribution in [0.1, 0.15) is 11.1 Å². The molecular weight excluding hydrogens is 234 g/mol. The molecule has 0 aromatic heterocycles. The number of nitrogens with two attached hydrogens (primary N) is 1. The highest BCUT2D eigenvalue weighted by Gasteiger charge is 2.04. The summed E-state index contributed by atoms with van der Waals surface area (Å²) in [5, 5.41) is 3.37. The highest BCUT2D eigenvalue weighted by atomic mass is 15.1. The molecular formula is C16H21N3. The SMILES string of the molecule is Cc1ccc(Nc2ccc(C)c(N(C)C)c2)c(N)c1. The van der Waals surface area contributed by atoms with Crippen LogP contribution in [0.3, 0.4) is 0 Å². The summed E-state index contributed by atoms with van der Waals surface area (Å²) in [6, 6.07) is 12.4. The Labute approximate surface area is 115 Å². The van der Waals surface area contributed by atoms with Crippen molar-refractivity contribution in [1.82, 2.24) is 0 Å². The summed E-state index contributed by atoms with van der Waals surface area (Å²) in [7, 11) is 4.10. The fourth-order valence-electron chi connectivity index (χ4n) is 2.12. The van der Waals surface area contributed by atoms with Crippen molar-refractivity contribution in [2.75, 3.05) is 30.0 Å². The molecule has 0 fully saturated rings. The Hall–Kier alpha value is -2.16. The van der Waals surface area contributed by atoms with Gasteiger partial charge in [0.05, 0.1) is 11.4 Å². The van der Waals surface area contributed by atoms with Gasteiger partial charge in [-0.05, 0) is 49.2 Å². The van der Waals surface area contributed by atoms with Crippen LogP contribution in [-0.4, -0.2) is 14.1 Å². The van der Waals surface area contributed by atoms with Crippen molar-refractivity contribution >= 4 is 22.7 Å². The largest absolute Gasteiger partial charge is 0.397 e. The van der Waals surface area contributed by atoms with Gasteiger partial charge in [-0.15, -0.1) is 0 Å². The van der Waals surface area contributed by atoms with E-state index in [2.05, 4.69) is 41.4 Å². The Morgan fingerprint density at radius 1 is 1.00 bits per heavy atom. The van der Waals surface area contributed by atoms with E-state index in [1.165, 1.54) is 16.8 Å². The number of aryl methyl sites for hydroxylation is 2. The lowest BCUT2D eigenvalue weighted by atomic mass is 10.1. The number of hydrogen-bond acceptors (Lipinski definition) is 3. The van der Waals surface area contributed by atoms with Crippen molar-refractivity contribution < 1.29 is 0 Å². The molecule has 3 heteroatoms. The first-order valence-corrected chi connectivity index (χ1v) is 6.38. The number of anilines is 4. The van der Waals surface area contributed by atoms with Gasteiger partial charge < -0.3 is 16.0 Å². The van der Waals surface area contributed by atoms with Crippen molar-refractivity contribution in [3.05, 3.63) is 47.5 Å². The number of nitrogen functional groups attached to an aromatic ring is 1. The van der Waals surface area contributed by atoms with Gasteiger partial charge in [0, 0.05) is 25.5 Å². The number of nitrogens with zero attached hydrogens (tertiary/aromatic N) is 1. The predicted octanol–water partition coefficient (Wildman–Crippen LogP) is 3.70. The summed E-state index contributed by atoms with van der Waals surface area (Å²) in [6.45, 7) is 4.15. The zero-order valence-electron chi connectivity index (χ0n) is 12.0. The molecule has 0 unspecified atom stereocenters. The summed E-state index contributed by atoms with van der Waals surface area (Å²) in [5.74, 6) is 0. The van der Waals surface area contributed by atoms with E-state index in [-0.39, 0.29) is 0 Å². The average molecular weight is 255 g/mol. The van der Waals surface area contributed by atoms with Crippen LogP contribution in [0.25, 0.3) is 0 Å². The van der Waals surface area contributed by atoms with E-state index in [4.69, 9.17) is 5.73 Å². The molecule has 3 nitrogen and oxygen atoms in total. The molecule has 19 heavy (non-hydrogen) atoms. The molecule has 0 aliphatic carbocycles. The second-order valence-corrected chi connectivity index (χ2v) is 5.11. The first-order valence-electron chi connectivity index (χ1n) is 6.38. The molecule has 0 aliphatic heterocycles. The van der Waals surface area contributed by atoms with Gasteiger partial charge in [0.2, 0.25) is 0 Å². The summed E-state index contributed by atoms with van der Waals surface area (Å²) in [5.41, 5.74) is 12.4. The summed E-state index contributed by atoms with van der Waals surface area (Å²) < 4.78 is 0. The van der Waals surface area contributed by atoms with Crippen LogP contribution in [0.5, 0.6) is 0 Å². The molecule has 3 N–H and O–H groups in total. The minimum Gasteiger partial charge on any atom is -0.397 e. The lowest BCUT2D eigenvalue weighted by Gasteiger charge is -2.18. The minimum atomic E-state index is 0.770. The average Bonchev–Trinajstić information content (AvgIpc) is 2.34. The van der Waals surface area contributed by atoms with Crippen LogP contribution in [0, 0.1) is 13.8 Å². The third-order valence-electron chi connectivity index (χ3n) is 3.18. The molecule has 0 amide bonds. The van der Waals surface area contributed by atoms with Crippen molar-refractivity contribution in [2.24, 2.45) is 0 Å². The quantitative estimate of drug-likeness (QED) is 0.822. The third kappa shape index (κ3) is 2.99. The van der Waals surface area contributed by atoms with E-state index in [0.717, 1.165) is 17.1 Å². The maximum atomic E-state index is 6.02. The smallest absolute Gasteiger partial charge is 0.0618 e. The van der Waals surface area contributed by atoms with Gasteiger partial charge in [0.15, 0.2) is 0 Å². The molecule has 0 atom stereocenters. The molecule has 0 saturated heterocycles. The molecule has 0 saturated carbocycles. The zero-order chi connectivity index (χ0) is 14.0. The minimum absolute atomic E-state index is 0.770. The van der Waals surface area contributed by atoms with Crippen LogP contribution in [-0.2, 0) is 0 Å². The highest BCUT2D eigenvalue weighted by molar-refractivity contribution is 5.75. The number of nitrogens with one attached hydrogen (secondary N) is 1. The maximum Gasteiger partial charge on any atom is 0.0618 e. The van der Waals surface area contributed by atoms with Gasteiger partial charge in [-0.2, -0.15) is 0 Å². The van der Waals surface area contributed by atoms with E-state index in [0.29, 0.717) is 0 Å². The summed E-state index contributed by atoms with van der Waals surface area (Å²) in [4.78, 5) is 2.11. The Balaban J connectivity index is 2.31. The normalized spacial score (nSPS) is 10.3. The number of hydrogen-bond donors (Lipinski definition) is 2. The van der Waals surface area contributed by atoms with E-state index in [1.807, 2.05) is 33.2 Å². The van der Waals surface area contributed by atoms with Crippen molar-refractivity contribution in [3.63, 3.8) is 0 Å². The fourth-order valence-corrected chi connectivity index (χ4v) is 2.12. The first kappa shape index (κ1) is 13.3. The predicted molar refractivity (Wildman–Crippen MR) is 84.4 cm³/mol. The van der Waals surface area contributed by atoms with Gasteiger partial charge >= 0.3 is 0 Å². The topological polar surface area (TPSA) is 41.3 Å². The molecule has 2 aromatic carbocycles. The van der Waals surface area contributed by atoms with Gasteiger partial charge in [0.1, 0.15) is 0 Å². The molecule has 0 heterocycles. The van der Waals surface area contributed by atoms with E-state index in [1.54, 1.807) is 0 Å². The summed E-state index contributed by atoms with van der Waals surface area (Å²) >= 11 is 0. The lowest BCUT2D eigenvalue weighted by Crippen LogP contribution is -2.10. The van der Waals surface area contributed by atoms with Crippen molar-refractivity contribution in [1.29, 1.82) is 0 Å². The second-order valence-electron chi connectivity index (χ2n) is 5.11. The van der Waals surface area contributed by atoms with Gasteiger partial charge in [0.25, 0.3) is 0 Å². The van der Waals surface area contributed by atoms with Gasteiger partial charge in [-0.1, -0.05) is 12.1 Å². The Morgan fingerprint density at radius 3 is 2.37 bits per heavy atom. The molecule has 100 valence electrons. The number of benzene rings is 2. The van der Waals surface area contributed by atoms with E-state index < -0.39 is 0 Å². The second kappa shape index (κ2) is 5.22. The Bertz CT molecular complexity index is 589. The van der Waals surface area contributed by atoms with E-state index >= 15 is 0 Å². The molecule has 0 aliphatic rings.